The summed E-state index contributed by atoms with van der Waals surface area (Å²) >= 11 is 0. The predicted octanol–water partition coefficient (Wildman–Crippen LogP) is 3.28. The molecule has 1 saturated heterocycles. The molecule has 1 heterocycles. The number of hydrogen-bond acceptors (Lipinski definition) is 5. The van der Waals surface area contributed by atoms with Crippen LogP contribution in [0.4, 0.5) is 10.5 Å². The Hall–Kier alpha value is -2.24. The molecule has 0 radical (unpaired) electrons. The molecule has 0 atom stereocenters. The monoisotopic (exact) mass is 334 g/mol. The number of methoxy groups -OCH3 is 1. The summed E-state index contributed by atoms with van der Waals surface area (Å²) in [4.78, 5) is 25.2. The third-order valence-corrected chi connectivity index (χ3v) is 3.82. The third kappa shape index (κ3) is 5.15. The molecule has 6 nitrogen and oxygen atoms in total. The quantitative estimate of drug-likeness (QED) is 0.859. The average Bonchev–Trinajstić information content (AvgIpc) is 2.54. The molecule has 1 fully saturated rings. The molecule has 0 saturated carbocycles. The van der Waals surface area contributed by atoms with E-state index in [9.17, 15) is 9.59 Å². The Balaban J connectivity index is 1.82. The lowest BCUT2D eigenvalue weighted by atomic mass is 10.0. The van der Waals surface area contributed by atoms with Gasteiger partial charge < -0.3 is 19.7 Å². The van der Waals surface area contributed by atoms with Crippen molar-refractivity contribution in [3.8, 4) is 0 Å². The van der Waals surface area contributed by atoms with E-state index in [1.165, 1.54) is 7.11 Å². The molecule has 1 aromatic rings. The molecule has 132 valence electrons. The molecule has 2 rings (SSSR count). The number of anilines is 1. The first kappa shape index (κ1) is 18.1. The van der Waals surface area contributed by atoms with Crippen molar-refractivity contribution in [3.05, 3.63) is 29.8 Å². The van der Waals surface area contributed by atoms with Crippen molar-refractivity contribution in [2.45, 2.75) is 45.3 Å². The lowest BCUT2D eigenvalue weighted by molar-refractivity contribution is 0.0210. The van der Waals surface area contributed by atoms with Gasteiger partial charge in [0.15, 0.2) is 0 Å². The molecule has 6 heteroatoms. The molecule has 1 N–H and O–H groups in total. The van der Waals surface area contributed by atoms with E-state index in [2.05, 4.69) is 10.1 Å². The van der Waals surface area contributed by atoms with Gasteiger partial charge in [-0.3, -0.25) is 0 Å². The molecule has 1 amide bonds. The van der Waals surface area contributed by atoms with Gasteiger partial charge in [0.05, 0.1) is 12.7 Å². The molecule has 1 aliphatic rings. The van der Waals surface area contributed by atoms with E-state index in [0.717, 1.165) is 18.5 Å². The van der Waals surface area contributed by atoms with Crippen LogP contribution < -0.4 is 5.32 Å². The van der Waals surface area contributed by atoms with Crippen LogP contribution in [-0.2, 0) is 9.47 Å². The normalized spacial score (nSPS) is 15.8. The molecule has 1 aliphatic heterocycles. The molecule has 0 bridgehead atoms. The van der Waals surface area contributed by atoms with E-state index in [4.69, 9.17) is 4.74 Å². The fourth-order valence-electron chi connectivity index (χ4n) is 2.59. The zero-order valence-corrected chi connectivity index (χ0v) is 14.8. The van der Waals surface area contributed by atoms with Crippen molar-refractivity contribution in [2.24, 2.45) is 0 Å². The van der Waals surface area contributed by atoms with Gasteiger partial charge in [-0.1, -0.05) is 0 Å². The highest BCUT2D eigenvalue weighted by Crippen LogP contribution is 2.19. The number of likely N-dealkylation sites (tertiary alicyclic amines) is 1. The predicted molar refractivity (Wildman–Crippen MR) is 92.2 cm³/mol. The summed E-state index contributed by atoms with van der Waals surface area (Å²) < 4.78 is 10.1. The summed E-state index contributed by atoms with van der Waals surface area (Å²) in [6, 6.07) is 7.51. The van der Waals surface area contributed by atoms with Crippen LogP contribution >= 0.6 is 0 Å². The summed E-state index contributed by atoms with van der Waals surface area (Å²) in [5.41, 5.74) is 1.02. The van der Waals surface area contributed by atoms with Gasteiger partial charge in [0.2, 0.25) is 0 Å². The van der Waals surface area contributed by atoms with E-state index in [0.29, 0.717) is 24.7 Å². The van der Waals surface area contributed by atoms with Gasteiger partial charge in [-0.15, -0.1) is 0 Å². The lowest BCUT2D eigenvalue weighted by Gasteiger charge is -2.34. The molecular weight excluding hydrogens is 308 g/mol. The second kappa shape index (κ2) is 7.55. The minimum Gasteiger partial charge on any atom is -0.465 e. The van der Waals surface area contributed by atoms with Crippen molar-refractivity contribution in [1.82, 2.24) is 4.90 Å². The summed E-state index contributed by atoms with van der Waals surface area (Å²) in [6.07, 6.45) is 1.47. The molecule has 0 aromatic heterocycles. The Morgan fingerprint density at radius 2 is 1.71 bits per heavy atom. The summed E-state index contributed by atoms with van der Waals surface area (Å²) in [5, 5.41) is 3.44. The first-order chi connectivity index (χ1) is 11.3. The van der Waals surface area contributed by atoms with Crippen molar-refractivity contribution < 1.29 is 19.1 Å². The lowest BCUT2D eigenvalue weighted by Crippen LogP contribution is -2.44. The average molecular weight is 334 g/mol. The minimum absolute atomic E-state index is 0.247. The molecule has 0 spiro atoms. The number of rotatable bonds is 3. The van der Waals surface area contributed by atoms with Crippen LogP contribution in [0, 0.1) is 0 Å². The van der Waals surface area contributed by atoms with Gasteiger partial charge in [0.25, 0.3) is 0 Å². The number of benzene rings is 1. The van der Waals surface area contributed by atoms with Crippen LogP contribution in [0.15, 0.2) is 24.3 Å². The molecule has 0 unspecified atom stereocenters. The fraction of sp³-hybridized carbons (Fsp3) is 0.556. The van der Waals surface area contributed by atoms with Gasteiger partial charge in [0.1, 0.15) is 5.60 Å². The van der Waals surface area contributed by atoms with Gasteiger partial charge in [0, 0.05) is 24.8 Å². The summed E-state index contributed by atoms with van der Waals surface area (Å²) in [5.74, 6) is -0.341. The van der Waals surface area contributed by atoms with Gasteiger partial charge >= 0.3 is 12.1 Å². The van der Waals surface area contributed by atoms with Gasteiger partial charge in [-0.25, -0.2) is 9.59 Å². The number of nitrogens with one attached hydrogen (secondary N) is 1. The Morgan fingerprint density at radius 3 is 2.21 bits per heavy atom. The van der Waals surface area contributed by atoms with Crippen LogP contribution in [0.3, 0.4) is 0 Å². The fourth-order valence-corrected chi connectivity index (χ4v) is 2.59. The Bertz CT molecular complexity index is 570. The highest BCUT2D eigenvalue weighted by atomic mass is 16.6. The molecule has 24 heavy (non-hydrogen) atoms. The van der Waals surface area contributed by atoms with E-state index in [-0.39, 0.29) is 12.1 Å². The molecule has 1 aromatic carbocycles. The standard InChI is InChI=1S/C18H26N2O4/c1-18(2,3)24-17(22)20-11-9-15(10-12-20)19-14-7-5-13(6-8-14)16(21)23-4/h5-8,15,19H,9-12H2,1-4H3. The van der Waals surface area contributed by atoms with Crippen molar-refractivity contribution in [1.29, 1.82) is 0 Å². The third-order valence-electron chi connectivity index (χ3n) is 3.82. The van der Waals surface area contributed by atoms with Crippen LogP contribution in [-0.4, -0.2) is 48.8 Å². The Morgan fingerprint density at radius 1 is 1.12 bits per heavy atom. The smallest absolute Gasteiger partial charge is 0.410 e. The van der Waals surface area contributed by atoms with Gasteiger partial charge in [-0.2, -0.15) is 0 Å². The second-order valence-corrected chi connectivity index (χ2v) is 6.95. The number of esters is 1. The maximum absolute atomic E-state index is 12.0. The summed E-state index contributed by atoms with van der Waals surface area (Å²) in [6.45, 7) is 6.96. The Labute approximate surface area is 143 Å². The van der Waals surface area contributed by atoms with Gasteiger partial charge in [-0.05, 0) is 57.9 Å². The van der Waals surface area contributed by atoms with E-state index in [1.54, 1.807) is 17.0 Å². The van der Waals surface area contributed by atoms with Crippen LogP contribution in [0.25, 0.3) is 0 Å². The minimum atomic E-state index is -0.465. The van der Waals surface area contributed by atoms with Crippen molar-refractivity contribution in [3.63, 3.8) is 0 Å². The highest BCUT2D eigenvalue weighted by molar-refractivity contribution is 5.89. The van der Waals surface area contributed by atoms with Crippen LogP contribution in [0.1, 0.15) is 44.0 Å². The highest BCUT2D eigenvalue weighted by Gasteiger charge is 2.26. The van der Waals surface area contributed by atoms with Crippen LogP contribution in [0.5, 0.6) is 0 Å². The molecular formula is C18H26N2O4. The number of amides is 1. The zero-order chi connectivity index (χ0) is 17.7. The second-order valence-electron chi connectivity index (χ2n) is 6.95. The first-order valence-electron chi connectivity index (χ1n) is 8.21. The summed E-state index contributed by atoms with van der Waals surface area (Å²) in [7, 11) is 1.37. The topological polar surface area (TPSA) is 67.9 Å². The number of hydrogen-bond donors (Lipinski definition) is 1. The van der Waals surface area contributed by atoms with E-state index in [1.807, 2.05) is 32.9 Å². The molecule has 0 aliphatic carbocycles. The number of ether oxygens (including phenoxy) is 2. The van der Waals surface area contributed by atoms with E-state index >= 15 is 0 Å². The SMILES string of the molecule is COC(=O)c1ccc(NC2CCN(C(=O)OC(C)(C)C)CC2)cc1. The maximum atomic E-state index is 12.0. The number of carbonyl (C=O) groups is 2. The largest absolute Gasteiger partial charge is 0.465 e. The number of carbonyl (C=O) groups excluding carboxylic acids is 2. The van der Waals surface area contributed by atoms with Crippen molar-refractivity contribution in [2.75, 3.05) is 25.5 Å². The van der Waals surface area contributed by atoms with Crippen molar-refractivity contribution >= 4 is 17.7 Å². The zero-order valence-electron chi connectivity index (χ0n) is 14.8. The first-order valence-corrected chi connectivity index (χ1v) is 8.21. The maximum Gasteiger partial charge on any atom is 0.410 e. The Kier molecular flexibility index (Phi) is 5.70. The number of nitrogens with zero attached hydrogens (tertiary/aromatic N) is 1. The number of piperidine rings is 1. The van der Waals surface area contributed by atoms with Crippen LogP contribution in [0.2, 0.25) is 0 Å². The van der Waals surface area contributed by atoms with E-state index < -0.39 is 5.60 Å².